The third-order valence-electron chi connectivity index (χ3n) is 5.66. The molecule has 2 amide bonds. The van der Waals surface area contributed by atoms with Gasteiger partial charge >= 0.3 is 6.03 Å². The highest BCUT2D eigenvalue weighted by Gasteiger charge is 2.29. The SMILES string of the molecule is CC1CCN(CC(O)Cn2c3ccc(F)cc3c3cc(F)ccc32)C(=O)N1C. The zero-order chi connectivity index (χ0) is 20.0. The second-order valence-electron chi connectivity index (χ2n) is 7.56. The highest BCUT2D eigenvalue weighted by atomic mass is 19.1. The smallest absolute Gasteiger partial charge is 0.320 e. The number of nitrogens with zero attached hydrogens (tertiary/aromatic N) is 3. The number of rotatable bonds is 4. The standard InChI is InChI=1S/C21H23F2N3O2/c1-13-7-8-25(21(28)24(13)2)11-16(27)12-26-19-5-3-14(22)9-17(19)18-10-15(23)4-6-20(18)26/h3-6,9-10,13,16,27H,7-8,11-12H2,1-2H3. The van der Waals surface area contributed by atoms with Gasteiger partial charge in [-0.15, -0.1) is 0 Å². The number of carbonyl (C=O) groups is 1. The lowest BCUT2D eigenvalue weighted by Gasteiger charge is -2.38. The molecule has 28 heavy (non-hydrogen) atoms. The molecule has 1 fully saturated rings. The van der Waals surface area contributed by atoms with Gasteiger partial charge in [0.2, 0.25) is 0 Å². The molecule has 1 aromatic heterocycles. The van der Waals surface area contributed by atoms with Crippen molar-refractivity contribution in [3.05, 3.63) is 48.0 Å². The van der Waals surface area contributed by atoms with E-state index in [-0.39, 0.29) is 25.2 Å². The number of hydrogen-bond acceptors (Lipinski definition) is 2. The second-order valence-corrected chi connectivity index (χ2v) is 7.56. The highest BCUT2D eigenvalue weighted by molar-refractivity contribution is 6.08. The monoisotopic (exact) mass is 387 g/mol. The highest BCUT2D eigenvalue weighted by Crippen LogP contribution is 2.30. The fraction of sp³-hybridized carbons (Fsp3) is 0.381. The van der Waals surface area contributed by atoms with Crippen LogP contribution in [0.4, 0.5) is 13.6 Å². The maximum Gasteiger partial charge on any atom is 0.320 e. The van der Waals surface area contributed by atoms with Crippen LogP contribution in [0.1, 0.15) is 13.3 Å². The normalized spacial score (nSPS) is 19.0. The summed E-state index contributed by atoms with van der Waals surface area (Å²) in [5.41, 5.74) is 1.44. The molecule has 0 radical (unpaired) electrons. The minimum absolute atomic E-state index is 0.0934. The molecule has 4 rings (SSSR count). The number of benzene rings is 2. The molecular weight excluding hydrogens is 364 g/mol. The van der Waals surface area contributed by atoms with Crippen molar-refractivity contribution in [3.63, 3.8) is 0 Å². The molecule has 1 N–H and O–H groups in total. The molecule has 0 aliphatic carbocycles. The van der Waals surface area contributed by atoms with Gasteiger partial charge in [0.25, 0.3) is 0 Å². The van der Waals surface area contributed by atoms with E-state index in [0.29, 0.717) is 17.3 Å². The summed E-state index contributed by atoms with van der Waals surface area (Å²) in [5.74, 6) is -0.792. The molecule has 1 saturated heterocycles. The lowest BCUT2D eigenvalue weighted by molar-refractivity contribution is 0.0728. The van der Waals surface area contributed by atoms with Crippen molar-refractivity contribution in [2.45, 2.75) is 32.0 Å². The molecule has 148 valence electrons. The predicted octanol–water partition coefficient (Wildman–Crippen LogP) is 3.58. The van der Waals surface area contributed by atoms with E-state index in [0.717, 1.165) is 17.5 Å². The summed E-state index contributed by atoms with van der Waals surface area (Å²) in [6, 6.07) is 8.82. The van der Waals surface area contributed by atoms with Gasteiger partial charge in [0.1, 0.15) is 11.6 Å². The first-order valence-electron chi connectivity index (χ1n) is 9.42. The van der Waals surface area contributed by atoms with Crippen LogP contribution in [0.3, 0.4) is 0 Å². The topological polar surface area (TPSA) is 48.7 Å². The number of fused-ring (bicyclic) bond motifs is 3. The van der Waals surface area contributed by atoms with Crippen molar-refractivity contribution in [1.82, 2.24) is 14.4 Å². The lowest BCUT2D eigenvalue weighted by Crippen LogP contribution is -2.53. The van der Waals surface area contributed by atoms with Crippen LogP contribution in [-0.2, 0) is 6.54 Å². The van der Waals surface area contributed by atoms with Crippen molar-refractivity contribution in [2.24, 2.45) is 0 Å². The first-order chi connectivity index (χ1) is 13.3. The van der Waals surface area contributed by atoms with Gasteiger partial charge < -0.3 is 19.5 Å². The molecule has 1 aliphatic rings. The molecule has 2 aromatic carbocycles. The minimum Gasteiger partial charge on any atom is -0.389 e. The molecule has 7 heteroatoms. The summed E-state index contributed by atoms with van der Waals surface area (Å²) in [6.07, 6.45) is 0.0442. The summed E-state index contributed by atoms with van der Waals surface area (Å²) >= 11 is 0. The number of amides is 2. The van der Waals surface area contributed by atoms with Gasteiger partial charge in [0.05, 0.1) is 19.2 Å². The molecule has 5 nitrogen and oxygen atoms in total. The molecule has 3 aromatic rings. The summed E-state index contributed by atoms with van der Waals surface area (Å²) in [5, 5.41) is 11.9. The zero-order valence-corrected chi connectivity index (χ0v) is 15.9. The maximum absolute atomic E-state index is 13.8. The molecule has 0 saturated carbocycles. The number of aromatic nitrogens is 1. The average Bonchev–Trinajstić information content (AvgIpc) is 2.94. The number of aliphatic hydroxyl groups is 1. The molecular formula is C21H23F2N3O2. The van der Waals surface area contributed by atoms with E-state index in [1.54, 1.807) is 29.0 Å². The molecule has 0 bridgehead atoms. The van der Waals surface area contributed by atoms with Gasteiger partial charge in [0.15, 0.2) is 0 Å². The summed E-state index contributed by atoms with van der Waals surface area (Å²) in [7, 11) is 1.77. The van der Waals surface area contributed by atoms with Crippen LogP contribution in [0, 0.1) is 11.6 Å². The Hall–Kier alpha value is -2.67. The van der Waals surface area contributed by atoms with E-state index in [4.69, 9.17) is 0 Å². The van der Waals surface area contributed by atoms with Crippen LogP contribution in [0.2, 0.25) is 0 Å². The van der Waals surface area contributed by atoms with Crippen LogP contribution < -0.4 is 0 Å². The summed E-state index contributed by atoms with van der Waals surface area (Å²) < 4.78 is 29.4. The van der Waals surface area contributed by atoms with E-state index in [2.05, 4.69) is 0 Å². The van der Waals surface area contributed by atoms with Gasteiger partial charge in [0, 0.05) is 41.4 Å². The van der Waals surface area contributed by atoms with Crippen molar-refractivity contribution in [2.75, 3.05) is 20.1 Å². The number of carbonyl (C=O) groups excluding carboxylic acids is 1. The van der Waals surface area contributed by atoms with E-state index >= 15 is 0 Å². The Morgan fingerprint density at radius 2 is 1.64 bits per heavy atom. The Kier molecular flexibility index (Phi) is 4.71. The number of β-amino-alcohol motifs (C(OH)–C–C–N with tert-alkyl or cyclic N) is 1. The zero-order valence-electron chi connectivity index (χ0n) is 15.9. The molecule has 2 atom stereocenters. The second kappa shape index (κ2) is 7.05. The first-order valence-corrected chi connectivity index (χ1v) is 9.42. The Morgan fingerprint density at radius 1 is 1.07 bits per heavy atom. The fourth-order valence-electron chi connectivity index (χ4n) is 3.98. The van der Waals surface area contributed by atoms with Crippen LogP contribution >= 0.6 is 0 Å². The van der Waals surface area contributed by atoms with Crippen LogP contribution in [0.15, 0.2) is 36.4 Å². The van der Waals surface area contributed by atoms with Gasteiger partial charge in [-0.3, -0.25) is 0 Å². The van der Waals surface area contributed by atoms with Gasteiger partial charge in [-0.2, -0.15) is 0 Å². The summed E-state index contributed by atoms with van der Waals surface area (Å²) in [4.78, 5) is 15.8. The quantitative estimate of drug-likeness (QED) is 0.744. The molecule has 2 heterocycles. The third kappa shape index (κ3) is 3.20. The number of urea groups is 1. The largest absolute Gasteiger partial charge is 0.389 e. The van der Waals surface area contributed by atoms with Gasteiger partial charge in [-0.05, 0) is 49.7 Å². The molecule has 1 aliphatic heterocycles. The number of aliphatic hydroxyl groups excluding tert-OH is 1. The maximum atomic E-state index is 13.8. The van der Waals surface area contributed by atoms with Crippen molar-refractivity contribution in [3.8, 4) is 0 Å². The van der Waals surface area contributed by atoms with Gasteiger partial charge in [-0.1, -0.05) is 0 Å². The van der Waals surface area contributed by atoms with Crippen LogP contribution in [0.25, 0.3) is 21.8 Å². The van der Waals surface area contributed by atoms with Crippen molar-refractivity contribution >= 4 is 27.8 Å². The Bertz CT molecular complexity index is 990. The van der Waals surface area contributed by atoms with Crippen molar-refractivity contribution in [1.29, 1.82) is 0 Å². The Labute approximate surface area is 161 Å². The fourth-order valence-corrected chi connectivity index (χ4v) is 3.98. The van der Waals surface area contributed by atoms with Crippen molar-refractivity contribution < 1.29 is 18.7 Å². The number of hydrogen-bond donors (Lipinski definition) is 1. The van der Waals surface area contributed by atoms with E-state index < -0.39 is 17.7 Å². The molecule has 2 unspecified atom stereocenters. The van der Waals surface area contributed by atoms with Crippen LogP contribution in [-0.4, -0.2) is 57.8 Å². The van der Waals surface area contributed by atoms with Crippen LogP contribution in [0.5, 0.6) is 0 Å². The predicted molar refractivity (Wildman–Crippen MR) is 104 cm³/mol. The van der Waals surface area contributed by atoms with Gasteiger partial charge in [-0.25, -0.2) is 13.6 Å². The third-order valence-corrected chi connectivity index (χ3v) is 5.66. The Balaban J connectivity index is 1.64. The lowest BCUT2D eigenvalue weighted by atomic mass is 10.1. The number of halogens is 2. The average molecular weight is 387 g/mol. The first kappa shape index (κ1) is 18.7. The Morgan fingerprint density at radius 3 is 2.21 bits per heavy atom. The van der Waals surface area contributed by atoms with E-state index in [1.807, 2.05) is 11.5 Å². The minimum atomic E-state index is -0.806. The molecule has 0 spiro atoms. The van der Waals surface area contributed by atoms with E-state index in [1.165, 1.54) is 24.3 Å². The van der Waals surface area contributed by atoms with E-state index in [9.17, 15) is 18.7 Å². The summed E-state index contributed by atoms with van der Waals surface area (Å²) in [6.45, 7) is 3.03.